The number of benzene rings is 2. The van der Waals surface area contributed by atoms with Gasteiger partial charge in [0, 0.05) is 30.9 Å². The molecule has 216 valence electrons. The Balaban J connectivity index is 1.20. The van der Waals surface area contributed by atoms with Gasteiger partial charge in [0.05, 0.1) is 12.1 Å². The van der Waals surface area contributed by atoms with E-state index in [9.17, 15) is 18.4 Å². The molecule has 4 amide bonds. The number of aromatic nitrogens is 1. The fourth-order valence-corrected chi connectivity index (χ4v) is 5.95. The van der Waals surface area contributed by atoms with Crippen molar-refractivity contribution in [3.8, 4) is 0 Å². The van der Waals surface area contributed by atoms with Crippen molar-refractivity contribution in [1.82, 2.24) is 25.0 Å². The molecule has 2 aliphatic rings. The van der Waals surface area contributed by atoms with E-state index in [1.54, 1.807) is 4.90 Å². The lowest BCUT2D eigenvalue weighted by Crippen LogP contribution is -2.56. The van der Waals surface area contributed by atoms with Crippen LogP contribution in [0.5, 0.6) is 0 Å². The minimum Gasteiger partial charge on any atom is -0.338 e. The largest absolute Gasteiger partial charge is 0.338 e. The van der Waals surface area contributed by atoms with Gasteiger partial charge < -0.3 is 15.1 Å². The van der Waals surface area contributed by atoms with Crippen LogP contribution in [0.15, 0.2) is 72.9 Å². The summed E-state index contributed by atoms with van der Waals surface area (Å²) < 4.78 is 27.8. The lowest BCUT2D eigenvalue weighted by atomic mass is 9.93. The summed E-state index contributed by atoms with van der Waals surface area (Å²) in [5.41, 5.74) is 2.51. The van der Waals surface area contributed by atoms with Gasteiger partial charge in [-0.2, -0.15) is 0 Å². The molecule has 1 aromatic heterocycles. The molecule has 7 nitrogen and oxygen atoms in total. The third kappa shape index (κ3) is 6.73. The quantitative estimate of drug-likeness (QED) is 0.329. The fraction of sp³-hybridized carbons (Fsp3) is 0.406. The van der Waals surface area contributed by atoms with Gasteiger partial charge in [0.25, 0.3) is 0 Å². The molecule has 2 aliphatic heterocycles. The van der Waals surface area contributed by atoms with Crippen molar-refractivity contribution in [3.63, 3.8) is 0 Å². The first kappa shape index (κ1) is 28.7. The van der Waals surface area contributed by atoms with Crippen molar-refractivity contribution in [1.29, 1.82) is 0 Å². The topological polar surface area (TPSA) is 68.8 Å². The van der Waals surface area contributed by atoms with Crippen molar-refractivity contribution >= 4 is 12.1 Å². The molecule has 5 rings (SSSR count). The van der Waals surface area contributed by atoms with Crippen LogP contribution in [-0.4, -0.2) is 64.5 Å². The molecule has 0 saturated carbocycles. The summed E-state index contributed by atoms with van der Waals surface area (Å²) in [5.74, 6) is -1.48. The highest BCUT2D eigenvalue weighted by atomic mass is 19.2. The first-order valence-electron chi connectivity index (χ1n) is 14.4. The number of pyridine rings is 1. The molecule has 0 radical (unpaired) electrons. The third-order valence-corrected chi connectivity index (χ3v) is 8.32. The molecule has 2 atom stereocenters. The summed E-state index contributed by atoms with van der Waals surface area (Å²) >= 11 is 0. The summed E-state index contributed by atoms with van der Waals surface area (Å²) in [5, 5.41) is 2.92. The second-order valence-electron chi connectivity index (χ2n) is 10.9. The number of hydrogen-bond donors (Lipinski definition) is 1. The monoisotopic (exact) mass is 561 g/mol. The van der Waals surface area contributed by atoms with Gasteiger partial charge in [0.1, 0.15) is 0 Å². The molecule has 3 aromatic rings. The number of rotatable bonds is 8. The molecule has 2 fully saturated rings. The van der Waals surface area contributed by atoms with Crippen LogP contribution in [0.4, 0.5) is 18.4 Å². The Labute approximate surface area is 240 Å². The van der Waals surface area contributed by atoms with Gasteiger partial charge in [-0.3, -0.25) is 4.98 Å². The Morgan fingerprint density at radius 3 is 2.44 bits per heavy atom. The summed E-state index contributed by atoms with van der Waals surface area (Å²) in [7, 11) is 0. The Bertz CT molecular complexity index is 1320. The number of hydrogen-bond acceptors (Lipinski definition) is 4. The summed E-state index contributed by atoms with van der Waals surface area (Å²) in [4.78, 5) is 37.0. The summed E-state index contributed by atoms with van der Waals surface area (Å²) in [6.45, 7) is 5.51. The van der Waals surface area contributed by atoms with E-state index in [0.29, 0.717) is 31.0 Å². The Morgan fingerprint density at radius 1 is 0.976 bits per heavy atom. The number of nitrogens with one attached hydrogen (secondary N) is 1. The van der Waals surface area contributed by atoms with Crippen molar-refractivity contribution in [2.45, 2.75) is 50.6 Å². The minimum atomic E-state index is -0.998. The molecule has 0 spiro atoms. The maximum absolute atomic E-state index is 14.1. The summed E-state index contributed by atoms with van der Waals surface area (Å²) in [6, 6.07) is 17.3. The van der Waals surface area contributed by atoms with Gasteiger partial charge in [0.2, 0.25) is 0 Å². The predicted molar refractivity (Wildman–Crippen MR) is 153 cm³/mol. The van der Waals surface area contributed by atoms with Crippen molar-refractivity contribution in [3.05, 3.63) is 101 Å². The Morgan fingerprint density at radius 2 is 1.73 bits per heavy atom. The molecule has 2 aromatic carbocycles. The highest BCUT2D eigenvalue weighted by Gasteiger charge is 2.40. The van der Waals surface area contributed by atoms with E-state index in [2.05, 4.69) is 21.3 Å². The zero-order valence-corrected chi connectivity index (χ0v) is 23.4. The number of imide groups is 1. The Hall–Kier alpha value is -3.85. The Kier molecular flexibility index (Phi) is 9.24. The molecule has 41 heavy (non-hydrogen) atoms. The molecule has 0 aliphatic carbocycles. The average molecular weight is 562 g/mol. The first-order valence-corrected chi connectivity index (χ1v) is 14.4. The second kappa shape index (κ2) is 13.2. The van der Waals surface area contributed by atoms with E-state index in [1.165, 1.54) is 11.0 Å². The van der Waals surface area contributed by atoms with Gasteiger partial charge in [-0.15, -0.1) is 0 Å². The van der Waals surface area contributed by atoms with Gasteiger partial charge in [-0.1, -0.05) is 42.5 Å². The van der Waals surface area contributed by atoms with Crippen LogP contribution in [0.25, 0.3) is 0 Å². The number of carbonyl (C=O) groups is 2. The van der Waals surface area contributed by atoms with Crippen LogP contribution in [0.3, 0.4) is 0 Å². The second-order valence-corrected chi connectivity index (χ2v) is 10.9. The number of likely N-dealkylation sites (tertiary alicyclic amines) is 1. The molecular formula is C32H37F2N5O2. The number of carbonyl (C=O) groups excluding carboxylic acids is 2. The minimum absolute atomic E-state index is 0.251. The molecule has 0 bridgehead atoms. The fourth-order valence-electron chi connectivity index (χ4n) is 5.95. The van der Waals surface area contributed by atoms with E-state index in [0.717, 1.165) is 62.3 Å². The summed E-state index contributed by atoms with van der Waals surface area (Å²) in [6.07, 6.45) is 5.10. The number of nitrogens with zero attached hydrogens (tertiary/aromatic N) is 4. The van der Waals surface area contributed by atoms with E-state index in [4.69, 9.17) is 0 Å². The zero-order chi connectivity index (χ0) is 28.8. The van der Waals surface area contributed by atoms with E-state index in [-0.39, 0.29) is 6.04 Å². The van der Waals surface area contributed by atoms with Crippen molar-refractivity contribution in [2.75, 3.05) is 32.7 Å². The SMILES string of the molecule is C[C@H](c1ccccc1)N1CCC(c2ccc(F)c(F)c2)N(C(=O)NCCCN2CCC(c3ccccn3)CC2)C1=O. The van der Waals surface area contributed by atoms with Gasteiger partial charge >= 0.3 is 12.1 Å². The number of amides is 4. The van der Waals surface area contributed by atoms with Crippen LogP contribution < -0.4 is 5.32 Å². The van der Waals surface area contributed by atoms with E-state index >= 15 is 0 Å². The molecular weight excluding hydrogens is 524 g/mol. The molecule has 1 unspecified atom stereocenters. The third-order valence-electron chi connectivity index (χ3n) is 8.32. The number of halogens is 2. The molecule has 3 heterocycles. The predicted octanol–water partition coefficient (Wildman–Crippen LogP) is 6.27. The first-order chi connectivity index (χ1) is 19.9. The molecule has 2 saturated heterocycles. The van der Waals surface area contributed by atoms with Gasteiger partial charge in [0.15, 0.2) is 11.6 Å². The van der Waals surface area contributed by atoms with Crippen LogP contribution in [0, 0.1) is 11.6 Å². The van der Waals surface area contributed by atoms with Crippen molar-refractivity contribution in [2.24, 2.45) is 0 Å². The molecule has 1 N–H and O–H groups in total. The standard InChI is InChI=1S/C32H37F2N5O2/c1-23(24-8-3-2-4-9-24)38-21-15-30(26-11-12-27(33)28(34)22-26)39(32(38)41)31(40)36-17-7-18-37-19-13-25(14-20-37)29-10-5-6-16-35-29/h2-6,8-12,16,22-23,25,30H,7,13-15,17-21H2,1H3,(H,36,40)/t23-,30?/m1/s1. The maximum atomic E-state index is 14.1. The normalized spacial score (nSPS) is 19.3. The smallest absolute Gasteiger partial charge is 0.329 e. The van der Waals surface area contributed by atoms with Crippen LogP contribution in [0.2, 0.25) is 0 Å². The lowest BCUT2D eigenvalue weighted by Gasteiger charge is -2.43. The highest BCUT2D eigenvalue weighted by Crippen LogP contribution is 2.35. The van der Waals surface area contributed by atoms with E-state index < -0.39 is 29.7 Å². The average Bonchev–Trinajstić information content (AvgIpc) is 3.01. The lowest BCUT2D eigenvalue weighted by molar-refractivity contribution is 0.0944. The van der Waals surface area contributed by atoms with E-state index in [1.807, 2.05) is 55.6 Å². The van der Waals surface area contributed by atoms with Crippen molar-refractivity contribution < 1.29 is 18.4 Å². The van der Waals surface area contributed by atoms with Crippen LogP contribution in [0.1, 0.15) is 67.4 Å². The zero-order valence-electron chi connectivity index (χ0n) is 23.4. The van der Waals surface area contributed by atoms with Gasteiger partial charge in [-0.25, -0.2) is 23.3 Å². The van der Waals surface area contributed by atoms with Crippen LogP contribution in [-0.2, 0) is 0 Å². The highest BCUT2D eigenvalue weighted by molar-refractivity contribution is 5.95. The molecule has 9 heteroatoms. The maximum Gasteiger partial charge on any atom is 0.329 e. The van der Waals surface area contributed by atoms with Crippen LogP contribution >= 0.6 is 0 Å². The number of piperidine rings is 1. The van der Waals surface area contributed by atoms with Gasteiger partial charge in [-0.05, 0) is 87.6 Å². The number of urea groups is 2.